The molecule has 0 bridgehead atoms. The number of carbonyl (C=O) groups is 1. The second-order valence-electron chi connectivity index (χ2n) is 7.12. The van der Waals surface area contributed by atoms with Gasteiger partial charge in [-0.25, -0.2) is 4.98 Å². The van der Waals surface area contributed by atoms with Gasteiger partial charge in [-0.1, -0.05) is 0 Å². The SMILES string of the molecule is Cc1cc(N2CCN(C(=O)CCc3cc4n(n3)CCNC4)CC2)nc(N)n1.Cl.Cl. The van der Waals surface area contributed by atoms with Crippen LogP contribution in [0.3, 0.4) is 0 Å². The summed E-state index contributed by atoms with van der Waals surface area (Å²) in [6.45, 7) is 7.53. The Balaban J connectivity index is 0.00000150. The van der Waals surface area contributed by atoms with Crippen LogP contribution in [0.1, 0.15) is 23.5 Å². The molecule has 11 heteroatoms. The predicted octanol–water partition coefficient (Wildman–Crippen LogP) is 0.792. The van der Waals surface area contributed by atoms with Crippen molar-refractivity contribution in [1.29, 1.82) is 0 Å². The molecule has 1 amide bonds. The van der Waals surface area contributed by atoms with Crippen molar-refractivity contribution >= 4 is 42.5 Å². The fraction of sp³-hybridized carbons (Fsp3) is 0.556. The van der Waals surface area contributed by atoms with E-state index in [1.54, 1.807) is 0 Å². The molecule has 0 radical (unpaired) electrons. The smallest absolute Gasteiger partial charge is 0.223 e. The second kappa shape index (κ2) is 10.1. The third-order valence-corrected chi connectivity index (χ3v) is 5.13. The van der Waals surface area contributed by atoms with Crippen molar-refractivity contribution in [3.8, 4) is 0 Å². The van der Waals surface area contributed by atoms with Crippen LogP contribution in [0.2, 0.25) is 0 Å². The zero-order valence-corrected chi connectivity index (χ0v) is 18.1. The molecule has 1 fully saturated rings. The van der Waals surface area contributed by atoms with Crippen molar-refractivity contribution in [3.05, 3.63) is 29.2 Å². The van der Waals surface area contributed by atoms with Gasteiger partial charge < -0.3 is 20.9 Å². The van der Waals surface area contributed by atoms with Crippen LogP contribution in [0.4, 0.5) is 11.8 Å². The van der Waals surface area contributed by atoms with Gasteiger partial charge in [-0.15, -0.1) is 24.8 Å². The number of amides is 1. The van der Waals surface area contributed by atoms with Gasteiger partial charge in [0.2, 0.25) is 11.9 Å². The van der Waals surface area contributed by atoms with E-state index in [0.29, 0.717) is 31.9 Å². The summed E-state index contributed by atoms with van der Waals surface area (Å²) in [5.41, 5.74) is 8.82. The largest absolute Gasteiger partial charge is 0.368 e. The highest BCUT2D eigenvalue weighted by molar-refractivity contribution is 5.85. The zero-order chi connectivity index (χ0) is 18.8. The third-order valence-electron chi connectivity index (χ3n) is 5.13. The second-order valence-corrected chi connectivity index (χ2v) is 7.12. The van der Waals surface area contributed by atoms with Crippen molar-refractivity contribution < 1.29 is 4.79 Å². The normalized spacial score (nSPS) is 15.9. The number of nitrogens with one attached hydrogen (secondary N) is 1. The number of hydrogen-bond donors (Lipinski definition) is 2. The fourth-order valence-electron chi connectivity index (χ4n) is 3.69. The molecule has 0 saturated carbocycles. The number of halogens is 2. The Hall–Kier alpha value is -2.10. The Morgan fingerprint density at radius 2 is 1.90 bits per heavy atom. The van der Waals surface area contributed by atoms with Crippen LogP contribution < -0.4 is 16.0 Å². The lowest BCUT2D eigenvalue weighted by Crippen LogP contribution is -2.49. The molecule has 2 aromatic heterocycles. The molecule has 0 aliphatic carbocycles. The fourth-order valence-corrected chi connectivity index (χ4v) is 3.69. The molecule has 2 aliphatic heterocycles. The van der Waals surface area contributed by atoms with E-state index in [1.165, 1.54) is 5.69 Å². The van der Waals surface area contributed by atoms with E-state index in [4.69, 9.17) is 5.73 Å². The maximum absolute atomic E-state index is 12.6. The van der Waals surface area contributed by atoms with Crippen molar-refractivity contribution in [2.24, 2.45) is 0 Å². The average molecular weight is 443 g/mol. The predicted molar refractivity (Wildman–Crippen MR) is 117 cm³/mol. The number of nitrogens with two attached hydrogens (primary N) is 1. The third kappa shape index (κ3) is 5.49. The minimum atomic E-state index is 0. The summed E-state index contributed by atoms with van der Waals surface area (Å²) in [5, 5.41) is 7.95. The first-order chi connectivity index (χ1) is 13.1. The van der Waals surface area contributed by atoms with Crippen LogP contribution in [-0.2, 0) is 24.3 Å². The van der Waals surface area contributed by atoms with E-state index >= 15 is 0 Å². The van der Waals surface area contributed by atoms with Gasteiger partial charge in [0.1, 0.15) is 5.82 Å². The van der Waals surface area contributed by atoms with E-state index in [9.17, 15) is 4.79 Å². The Morgan fingerprint density at radius 3 is 2.59 bits per heavy atom. The van der Waals surface area contributed by atoms with Crippen LogP contribution in [0, 0.1) is 6.92 Å². The lowest BCUT2D eigenvalue weighted by Gasteiger charge is -2.35. The minimum Gasteiger partial charge on any atom is -0.368 e. The standard InChI is InChI=1S/C18H26N8O.2ClH/c1-13-10-16(22-18(19)21-13)24-6-8-25(9-7-24)17(27)3-2-14-11-15-12-20-4-5-26(15)23-14;;/h10-11,20H,2-9,12H2,1H3,(H2,19,21,22);2*1H. The number of nitrogen functional groups attached to an aromatic ring is 1. The van der Waals surface area contributed by atoms with Crippen molar-refractivity contribution in [2.45, 2.75) is 32.9 Å². The van der Waals surface area contributed by atoms with E-state index < -0.39 is 0 Å². The van der Waals surface area contributed by atoms with Gasteiger partial charge in [0.05, 0.1) is 17.9 Å². The highest BCUT2D eigenvalue weighted by Crippen LogP contribution is 2.17. The topological polar surface area (TPSA) is 105 Å². The maximum atomic E-state index is 12.6. The van der Waals surface area contributed by atoms with Crippen molar-refractivity contribution in [1.82, 2.24) is 30.0 Å². The Labute approximate surface area is 182 Å². The summed E-state index contributed by atoms with van der Waals surface area (Å²) >= 11 is 0. The van der Waals surface area contributed by atoms with Crippen molar-refractivity contribution in [3.63, 3.8) is 0 Å². The first-order valence-electron chi connectivity index (χ1n) is 9.49. The quantitative estimate of drug-likeness (QED) is 0.720. The van der Waals surface area contributed by atoms with Crippen LogP contribution in [0.5, 0.6) is 0 Å². The summed E-state index contributed by atoms with van der Waals surface area (Å²) in [5.74, 6) is 1.32. The molecule has 2 aromatic rings. The van der Waals surface area contributed by atoms with Crippen LogP contribution >= 0.6 is 24.8 Å². The summed E-state index contributed by atoms with van der Waals surface area (Å²) in [4.78, 5) is 25.1. The summed E-state index contributed by atoms with van der Waals surface area (Å²) in [6, 6.07) is 4.04. The van der Waals surface area contributed by atoms with Gasteiger partial charge >= 0.3 is 0 Å². The lowest BCUT2D eigenvalue weighted by molar-refractivity contribution is -0.131. The van der Waals surface area contributed by atoms with E-state index in [2.05, 4.69) is 31.3 Å². The van der Waals surface area contributed by atoms with Gasteiger partial charge in [0.15, 0.2) is 0 Å². The molecule has 3 N–H and O–H groups in total. The van der Waals surface area contributed by atoms with Crippen LogP contribution in [-0.4, -0.2) is 63.3 Å². The van der Waals surface area contributed by atoms with Gasteiger partial charge in [0, 0.05) is 63.9 Å². The summed E-state index contributed by atoms with van der Waals surface area (Å²) < 4.78 is 2.05. The van der Waals surface area contributed by atoms with Gasteiger partial charge in [-0.2, -0.15) is 10.1 Å². The molecular formula is C18H28Cl2N8O. The zero-order valence-electron chi connectivity index (χ0n) is 16.5. The number of carbonyl (C=O) groups excluding carboxylic acids is 1. The number of aromatic nitrogens is 4. The van der Waals surface area contributed by atoms with Gasteiger partial charge in [0.25, 0.3) is 0 Å². The molecule has 1 saturated heterocycles. The lowest BCUT2D eigenvalue weighted by atomic mass is 10.2. The number of fused-ring (bicyclic) bond motifs is 1. The summed E-state index contributed by atoms with van der Waals surface area (Å²) in [6.07, 6.45) is 1.20. The van der Waals surface area contributed by atoms with Crippen LogP contribution in [0.15, 0.2) is 12.1 Å². The summed E-state index contributed by atoms with van der Waals surface area (Å²) in [7, 11) is 0. The van der Waals surface area contributed by atoms with E-state index in [1.807, 2.05) is 22.6 Å². The van der Waals surface area contributed by atoms with E-state index in [0.717, 1.165) is 49.9 Å². The Bertz CT molecular complexity index is 792. The number of rotatable bonds is 4. The molecule has 0 atom stereocenters. The maximum Gasteiger partial charge on any atom is 0.223 e. The number of nitrogens with zero attached hydrogens (tertiary/aromatic N) is 6. The Kier molecular flexibility index (Phi) is 8.06. The molecule has 2 aliphatic rings. The molecule has 4 heterocycles. The van der Waals surface area contributed by atoms with Crippen LogP contribution in [0.25, 0.3) is 0 Å². The molecular weight excluding hydrogens is 415 g/mol. The molecule has 0 spiro atoms. The van der Waals surface area contributed by atoms with E-state index in [-0.39, 0.29) is 30.7 Å². The highest BCUT2D eigenvalue weighted by Gasteiger charge is 2.22. The first kappa shape index (κ1) is 23.2. The molecule has 29 heavy (non-hydrogen) atoms. The highest BCUT2D eigenvalue weighted by atomic mass is 35.5. The number of anilines is 2. The number of hydrogen-bond acceptors (Lipinski definition) is 7. The molecule has 9 nitrogen and oxygen atoms in total. The minimum absolute atomic E-state index is 0. The molecule has 0 aromatic carbocycles. The van der Waals surface area contributed by atoms with Gasteiger partial charge in [-0.05, 0) is 13.0 Å². The molecule has 0 unspecified atom stereocenters. The molecule has 160 valence electrons. The monoisotopic (exact) mass is 442 g/mol. The molecule has 4 rings (SSSR count). The number of aryl methyl sites for hydroxylation is 2. The number of piperazine rings is 1. The van der Waals surface area contributed by atoms with Gasteiger partial charge in [-0.3, -0.25) is 9.48 Å². The first-order valence-corrected chi connectivity index (χ1v) is 9.49. The Morgan fingerprint density at radius 1 is 1.14 bits per heavy atom. The van der Waals surface area contributed by atoms with Crippen molar-refractivity contribution in [2.75, 3.05) is 43.4 Å². The average Bonchev–Trinajstić information content (AvgIpc) is 3.08.